The standard InChI is InChI=1S/C13H19NO/c1-15-10-11-4-6-12(7-5-11)13-3-2-8-14-9-13/h4-7,13-14H,2-3,8-10H2,1H3. The molecule has 1 aromatic carbocycles. The second-order valence-corrected chi connectivity index (χ2v) is 4.22. The van der Waals surface area contributed by atoms with E-state index in [9.17, 15) is 0 Å². The third kappa shape index (κ3) is 2.80. The van der Waals surface area contributed by atoms with E-state index in [2.05, 4.69) is 29.6 Å². The molecule has 15 heavy (non-hydrogen) atoms. The molecule has 1 N–H and O–H groups in total. The van der Waals surface area contributed by atoms with Gasteiger partial charge in [0.25, 0.3) is 0 Å². The van der Waals surface area contributed by atoms with Crippen molar-refractivity contribution in [2.24, 2.45) is 0 Å². The molecule has 2 rings (SSSR count). The van der Waals surface area contributed by atoms with Crippen molar-refractivity contribution in [3.63, 3.8) is 0 Å². The third-order valence-electron chi connectivity index (χ3n) is 3.06. The molecule has 2 heteroatoms. The van der Waals surface area contributed by atoms with Gasteiger partial charge in [-0.15, -0.1) is 0 Å². The lowest BCUT2D eigenvalue weighted by Crippen LogP contribution is -2.28. The van der Waals surface area contributed by atoms with Gasteiger partial charge in [-0.2, -0.15) is 0 Å². The van der Waals surface area contributed by atoms with Crippen LogP contribution in [-0.2, 0) is 11.3 Å². The molecule has 0 bridgehead atoms. The molecule has 1 fully saturated rings. The summed E-state index contributed by atoms with van der Waals surface area (Å²) in [5.74, 6) is 0.704. The van der Waals surface area contributed by atoms with Crippen LogP contribution in [0.5, 0.6) is 0 Å². The smallest absolute Gasteiger partial charge is 0.0713 e. The van der Waals surface area contributed by atoms with Crippen molar-refractivity contribution in [2.45, 2.75) is 25.4 Å². The van der Waals surface area contributed by atoms with Gasteiger partial charge >= 0.3 is 0 Å². The van der Waals surface area contributed by atoms with Gasteiger partial charge in [-0.1, -0.05) is 24.3 Å². The van der Waals surface area contributed by atoms with Crippen molar-refractivity contribution in [3.8, 4) is 0 Å². The first kappa shape index (κ1) is 10.7. The van der Waals surface area contributed by atoms with Crippen molar-refractivity contribution >= 4 is 0 Å². The molecular weight excluding hydrogens is 186 g/mol. The lowest BCUT2D eigenvalue weighted by atomic mass is 9.91. The highest BCUT2D eigenvalue weighted by atomic mass is 16.5. The molecule has 2 nitrogen and oxygen atoms in total. The van der Waals surface area contributed by atoms with E-state index in [-0.39, 0.29) is 0 Å². The summed E-state index contributed by atoms with van der Waals surface area (Å²) in [7, 11) is 1.74. The van der Waals surface area contributed by atoms with E-state index in [1.165, 1.54) is 30.5 Å². The van der Waals surface area contributed by atoms with Gasteiger partial charge in [0.05, 0.1) is 6.61 Å². The summed E-state index contributed by atoms with van der Waals surface area (Å²) < 4.78 is 5.10. The maximum absolute atomic E-state index is 5.10. The van der Waals surface area contributed by atoms with Gasteiger partial charge in [0.2, 0.25) is 0 Å². The molecular formula is C13H19NO. The van der Waals surface area contributed by atoms with Crippen molar-refractivity contribution in [1.29, 1.82) is 0 Å². The van der Waals surface area contributed by atoms with Crippen LogP contribution >= 0.6 is 0 Å². The van der Waals surface area contributed by atoms with Crippen molar-refractivity contribution in [3.05, 3.63) is 35.4 Å². The van der Waals surface area contributed by atoms with Crippen molar-refractivity contribution in [1.82, 2.24) is 5.32 Å². The van der Waals surface area contributed by atoms with Crippen LogP contribution in [0.15, 0.2) is 24.3 Å². The molecule has 1 unspecified atom stereocenters. The Hall–Kier alpha value is -0.860. The van der Waals surface area contributed by atoms with E-state index >= 15 is 0 Å². The van der Waals surface area contributed by atoms with Gasteiger partial charge in [-0.25, -0.2) is 0 Å². The molecule has 0 saturated carbocycles. The molecule has 1 heterocycles. The van der Waals surface area contributed by atoms with Crippen LogP contribution < -0.4 is 5.32 Å². The zero-order valence-corrected chi connectivity index (χ0v) is 9.33. The summed E-state index contributed by atoms with van der Waals surface area (Å²) in [5.41, 5.74) is 2.71. The second kappa shape index (κ2) is 5.29. The molecule has 1 aliphatic rings. The van der Waals surface area contributed by atoms with Crippen LogP contribution in [0.3, 0.4) is 0 Å². The highest BCUT2D eigenvalue weighted by molar-refractivity contribution is 5.25. The fourth-order valence-corrected chi connectivity index (χ4v) is 2.19. The van der Waals surface area contributed by atoms with Gasteiger partial charge in [0.1, 0.15) is 0 Å². The minimum atomic E-state index is 0.704. The van der Waals surface area contributed by atoms with Crippen LogP contribution in [0, 0.1) is 0 Å². The SMILES string of the molecule is COCc1ccc(C2CCCNC2)cc1. The average Bonchev–Trinajstić information content (AvgIpc) is 2.32. The Morgan fingerprint density at radius 3 is 2.73 bits per heavy atom. The number of hydrogen-bond acceptors (Lipinski definition) is 2. The van der Waals surface area contributed by atoms with Crippen LogP contribution in [0.1, 0.15) is 29.9 Å². The number of nitrogens with one attached hydrogen (secondary N) is 1. The second-order valence-electron chi connectivity index (χ2n) is 4.22. The predicted octanol–water partition coefficient (Wildman–Crippen LogP) is 2.30. The van der Waals surface area contributed by atoms with E-state index in [1.807, 2.05) is 0 Å². The number of rotatable bonds is 3. The van der Waals surface area contributed by atoms with Gasteiger partial charge in [-0.3, -0.25) is 0 Å². The first-order valence-corrected chi connectivity index (χ1v) is 5.68. The zero-order valence-electron chi connectivity index (χ0n) is 9.33. The molecule has 82 valence electrons. The van der Waals surface area contributed by atoms with Crippen molar-refractivity contribution in [2.75, 3.05) is 20.2 Å². The molecule has 0 aliphatic carbocycles. The fraction of sp³-hybridized carbons (Fsp3) is 0.538. The van der Waals surface area contributed by atoms with Crippen molar-refractivity contribution < 1.29 is 4.74 Å². The number of piperidine rings is 1. The van der Waals surface area contributed by atoms with E-state index < -0.39 is 0 Å². The first-order valence-electron chi connectivity index (χ1n) is 5.68. The van der Waals surface area contributed by atoms with Gasteiger partial charge in [0, 0.05) is 13.7 Å². The number of hydrogen-bond donors (Lipinski definition) is 1. The number of ether oxygens (including phenoxy) is 1. The summed E-state index contributed by atoms with van der Waals surface area (Å²) in [6, 6.07) is 8.83. The minimum absolute atomic E-state index is 0.704. The van der Waals surface area contributed by atoms with E-state index in [4.69, 9.17) is 4.74 Å². The Bertz CT molecular complexity index is 288. The monoisotopic (exact) mass is 205 g/mol. The third-order valence-corrected chi connectivity index (χ3v) is 3.06. The number of methoxy groups -OCH3 is 1. The van der Waals surface area contributed by atoms with Crippen LogP contribution in [0.25, 0.3) is 0 Å². The Labute approximate surface area is 91.6 Å². The Morgan fingerprint density at radius 2 is 2.13 bits per heavy atom. The zero-order chi connectivity index (χ0) is 10.5. The lowest BCUT2D eigenvalue weighted by molar-refractivity contribution is 0.185. The van der Waals surface area contributed by atoms with Gasteiger partial charge in [0.15, 0.2) is 0 Å². The Kier molecular flexibility index (Phi) is 3.75. The summed E-state index contributed by atoms with van der Waals surface area (Å²) in [6.45, 7) is 3.02. The van der Waals surface area contributed by atoms with Gasteiger partial charge < -0.3 is 10.1 Å². The van der Waals surface area contributed by atoms with E-state index in [0.717, 1.165) is 6.54 Å². The maximum Gasteiger partial charge on any atom is 0.0713 e. The summed E-state index contributed by atoms with van der Waals surface area (Å²) >= 11 is 0. The normalized spacial score (nSPS) is 21.5. The Morgan fingerprint density at radius 1 is 1.33 bits per heavy atom. The van der Waals surface area contributed by atoms with Crippen LogP contribution in [0.2, 0.25) is 0 Å². The molecule has 1 atom stereocenters. The van der Waals surface area contributed by atoms with E-state index in [0.29, 0.717) is 12.5 Å². The quantitative estimate of drug-likeness (QED) is 0.817. The predicted molar refractivity (Wildman–Crippen MR) is 62.0 cm³/mol. The minimum Gasteiger partial charge on any atom is -0.380 e. The fourth-order valence-electron chi connectivity index (χ4n) is 2.19. The van der Waals surface area contributed by atoms with Crippen LogP contribution in [-0.4, -0.2) is 20.2 Å². The largest absolute Gasteiger partial charge is 0.380 e. The summed E-state index contributed by atoms with van der Waals surface area (Å²) in [5, 5.41) is 3.45. The average molecular weight is 205 g/mol. The molecule has 1 aromatic rings. The Balaban J connectivity index is 2.02. The summed E-state index contributed by atoms with van der Waals surface area (Å²) in [6.07, 6.45) is 2.61. The highest BCUT2D eigenvalue weighted by Crippen LogP contribution is 2.23. The highest BCUT2D eigenvalue weighted by Gasteiger charge is 2.14. The molecule has 0 aromatic heterocycles. The maximum atomic E-state index is 5.10. The first-order chi connectivity index (χ1) is 7.40. The molecule has 0 radical (unpaired) electrons. The topological polar surface area (TPSA) is 21.3 Å². The lowest BCUT2D eigenvalue weighted by Gasteiger charge is -2.23. The van der Waals surface area contributed by atoms with Crippen LogP contribution in [0.4, 0.5) is 0 Å². The van der Waals surface area contributed by atoms with Gasteiger partial charge in [-0.05, 0) is 36.4 Å². The number of benzene rings is 1. The summed E-state index contributed by atoms with van der Waals surface area (Å²) in [4.78, 5) is 0. The molecule has 1 saturated heterocycles. The molecule has 1 aliphatic heterocycles. The van der Waals surface area contributed by atoms with E-state index in [1.54, 1.807) is 7.11 Å². The molecule has 0 spiro atoms. The molecule has 0 amide bonds.